The van der Waals surface area contributed by atoms with E-state index in [9.17, 15) is 9.59 Å². The molecule has 116 valence electrons. The van der Waals surface area contributed by atoms with Gasteiger partial charge < -0.3 is 0 Å². The van der Waals surface area contributed by atoms with Gasteiger partial charge in [-0.2, -0.15) is 0 Å². The van der Waals surface area contributed by atoms with Crippen molar-refractivity contribution < 1.29 is 65.7 Å². The van der Waals surface area contributed by atoms with E-state index in [2.05, 4.69) is 5.32 Å². The number of nitrogens with one attached hydrogen (secondary N) is 1. The van der Waals surface area contributed by atoms with Gasteiger partial charge in [-0.15, -0.1) is 0 Å². The van der Waals surface area contributed by atoms with Crippen LogP contribution in [0.5, 0.6) is 0 Å². The van der Waals surface area contributed by atoms with Gasteiger partial charge in [0, 0.05) is 0 Å². The molecule has 0 fully saturated rings. The summed E-state index contributed by atoms with van der Waals surface area (Å²) in [4.78, 5) is 24.4. The molecule has 2 atom stereocenters. The number of imide groups is 1. The number of hydrogen-bond donors (Lipinski definition) is 2. The van der Waals surface area contributed by atoms with E-state index in [4.69, 9.17) is 31.7 Å². The average molecular weight is 717 g/mol. The molecule has 0 aliphatic rings. The molecule has 0 aliphatic carbocycles. The number of nitrogens with two attached hydrogens (primary N) is 1. The Morgan fingerprint density at radius 3 is 1.86 bits per heavy atom. The first-order valence-electron chi connectivity index (χ1n) is 6.51. The molecular weight excluding hydrogens is 698 g/mol. The van der Waals surface area contributed by atoms with Gasteiger partial charge in [-0.25, -0.2) is 0 Å². The molecule has 11 heteroatoms. The molecule has 0 aliphatic heterocycles. The van der Waals surface area contributed by atoms with Gasteiger partial charge in [-0.3, -0.25) is 0 Å². The van der Waals surface area contributed by atoms with Gasteiger partial charge >= 0.3 is 158 Å². The van der Waals surface area contributed by atoms with Crippen molar-refractivity contribution in [3.63, 3.8) is 0 Å². The van der Waals surface area contributed by atoms with Gasteiger partial charge in [0.1, 0.15) is 0 Å². The second-order valence-electron chi connectivity index (χ2n) is 4.37. The van der Waals surface area contributed by atoms with Crippen molar-refractivity contribution in [1.82, 2.24) is 10.2 Å². The molecular formula is C10H19Cl2Hg2N3O4. The molecule has 0 bridgehead atoms. The third-order valence-corrected chi connectivity index (χ3v) is 13.4. The number of primary amides is 1. The van der Waals surface area contributed by atoms with Crippen molar-refractivity contribution in [2.45, 2.75) is 20.1 Å². The fourth-order valence-electron chi connectivity index (χ4n) is 1.73. The first kappa shape index (κ1) is 22.1. The summed E-state index contributed by atoms with van der Waals surface area (Å²) in [5.41, 5.74) is 4.99. The summed E-state index contributed by atoms with van der Waals surface area (Å²) < 4.78 is 12.3. The predicted octanol–water partition coefficient (Wildman–Crippen LogP) is 1.42. The Morgan fingerprint density at radius 2 is 1.57 bits per heavy atom. The number of rotatable bonds is 10. The van der Waals surface area contributed by atoms with E-state index < -0.39 is 58.7 Å². The monoisotopic (exact) mass is 719 g/mol. The van der Waals surface area contributed by atoms with Crippen LogP contribution >= 0.6 is 16.5 Å². The summed E-state index contributed by atoms with van der Waals surface area (Å²) in [7, 11) is 15.0. The van der Waals surface area contributed by atoms with E-state index in [1.54, 1.807) is 14.2 Å². The molecule has 7 nitrogen and oxygen atoms in total. The quantitative estimate of drug-likeness (QED) is 0.335. The predicted molar refractivity (Wildman–Crippen MR) is 72.6 cm³/mol. The minimum atomic E-state index is -1.40. The van der Waals surface area contributed by atoms with Gasteiger partial charge in [0.25, 0.3) is 0 Å². The standard InChI is InChI=1S/C10H19N3O4.2ClH.2Hg/c1-7(16-3)5-13(6-8(2)17-4)10(15)12-9(11)14;;;;/h7-8H,1-2,5-6H2,3-4H3,(H3,11,12,14,15);2*1H;;/q;;;2*+1/p-2. The number of carbonyl (C=O) groups is 2. The summed E-state index contributed by atoms with van der Waals surface area (Å²) in [6.07, 6.45) is -0.248. The number of urea groups is 2. The zero-order valence-corrected chi connectivity index (χ0v) is 24.8. The first-order chi connectivity index (χ1) is 9.98. The van der Waals surface area contributed by atoms with Gasteiger partial charge in [0.2, 0.25) is 0 Å². The molecule has 0 heterocycles. The summed E-state index contributed by atoms with van der Waals surface area (Å²) in [5, 5.41) is 2.07. The SMILES string of the molecule is COC([CH2][Hg][Cl])CN(CC([CH2][Hg][Cl])OC)C(=O)NC(N)=O. The molecule has 0 radical (unpaired) electrons. The third kappa shape index (κ3) is 10.5. The molecule has 0 saturated heterocycles. The van der Waals surface area contributed by atoms with E-state index in [-0.39, 0.29) is 12.2 Å². The first-order valence-corrected chi connectivity index (χ1v) is 27.8. The fourth-order valence-corrected chi connectivity index (χ4v) is 11.1. The van der Waals surface area contributed by atoms with Gasteiger partial charge in [0.15, 0.2) is 0 Å². The number of hydrogen-bond acceptors (Lipinski definition) is 4. The van der Waals surface area contributed by atoms with Crippen molar-refractivity contribution in [2.75, 3.05) is 27.3 Å². The zero-order chi connectivity index (χ0) is 16.3. The summed E-state index contributed by atoms with van der Waals surface area (Å²) in [6, 6.07) is -1.44. The summed E-state index contributed by atoms with van der Waals surface area (Å²) in [5.74, 6) is 0. The van der Waals surface area contributed by atoms with Crippen molar-refractivity contribution in [3.8, 4) is 0 Å². The average Bonchev–Trinajstić information content (AvgIpc) is 2.43. The van der Waals surface area contributed by atoms with Crippen LogP contribution in [0.2, 0.25) is 7.86 Å². The maximum absolute atomic E-state index is 12.0. The Kier molecular flexibility index (Phi) is 14.3. The van der Waals surface area contributed by atoms with Crippen LogP contribution in [-0.2, 0) is 56.2 Å². The Hall–Kier alpha value is 1.11. The molecule has 3 N–H and O–H groups in total. The van der Waals surface area contributed by atoms with Crippen LogP contribution in [0.25, 0.3) is 0 Å². The number of methoxy groups -OCH3 is 2. The van der Waals surface area contributed by atoms with Crippen LogP contribution in [0.4, 0.5) is 9.59 Å². The van der Waals surface area contributed by atoms with Crippen molar-refractivity contribution in [2.24, 2.45) is 5.73 Å². The van der Waals surface area contributed by atoms with Crippen molar-refractivity contribution >= 4 is 28.6 Å². The molecule has 0 saturated carbocycles. The van der Waals surface area contributed by atoms with E-state index in [1.165, 1.54) is 4.90 Å². The number of ether oxygens (including phenoxy) is 2. The van der Waals surface area contributed by atoms with E-state index in [0.29, 0.717) is 13.1 Å². The normalized spacial score (nSPS) is 12.8. The second kappa shape index (κ2) is 13.5. The van der Waals surface area contributed by atoms with Gasteiger partial charge in [0.05, 0.1) is 0 Å². The van der Waals surface area contributed by atoms with Crippen LogP contribution in [0.15, 0.2) is 0 Å². The molecule has 21 heavy (non-hydrogen) atoms. The topological polar surface area (TPSA) is 93.9 Å². The van der Waals surface area contributed by atoms with Crippen LogP contribution in [-0.4, -0.2) is 56.5 Å². The van der Waals surface area contributed by atoms with E-state index in [0.717, 1.165) is 7.86 Å². The third-order valence-electron chi connectivity index (χ3n) is 2.89. The van der Waals surface area contributed by atoms with Crippen LogP contribution in [0, 0.1) is 0 Å². The van der Waals surface area contributed by atoms with Crippen LogP contribution in [0.3, 0.4) is 0 Å². The molecule has 0 aromatic heterocycles. The molecule has 0 aromatic rings. The Labute approximate surface area is 156 Å². The van der Waals surface area contributed by atoms with E-state index >= 15 is 0 Å². The minimum absolute atomic E-state index is 0.124. The number of amides is 4. The van der Waals surface area contributed by atoms with Gasteiger partial charge in [-0.1, -0.05) is 0 Å². The maximum atomic E-state index is 12.0. The Bertz CT molecular complexity index is 313. The number of nitrogens with zero attached hydrogens (tertiary/aromatic N) is 1. The molecule has 2 unspecified atom stereocenters. The number of carbonyl (C=O) groups excluding carboxylic acids is 2. The Morgan fingerprint density at radius 1 is 1.14 bits per heavy atom. The Balaban J connectivity index is 4.80. The van der Waals surface area contributed by atoms with Gasteiger partial charge in [-0.05, 0) is 0 Å². The van der Waals surface area contributed by atoms with Crippen LogP contribution < -0.4 is 11.1 Å². The molecule has 0 spiro atoms. The molecule has 0 aromatic carbocycles. The van der Waals surface area contributed by atoms with Crippen molar-refractivity contribution in [1.29, 1.82) is 0 Å². The second-order valence-corrected chi connectivity index (χ2v) is 18.4. The molecule has 4 amide bonds. The zero-order valence-electron chi connectivity index (χ0n) is 12.3. The van der Waals surface area contributed by atoms with E-state index in [1.807, 2.05) is 0 Å². The van der Waals surface area contributed by atoms with Crippen LogP contribution in [0.1, 0.15) is 0 Å². The summed E-state index contributed by atoms with van der Waals surface area (Å²) >= 11 is -2.80. The summed E-state index contributed by atoms with van der Waals surface area (Å²) in [6.45, 7) is 0.697. The molecule has 0 rings (SSSR count). The fraction of sp³-hybridized carbons (Fsp3) is 0.800. The number of halogens is 2. The van der Waals surface area contributed by atoms with Crippen molar-refractivity contribution in [3.05, 3.63) is 0 Å².